The molecule has 0 saturated carbocycles. The first kappa shape index (κ1) is 36.9. The molecule has 13 nitrogen and oxygen atoms in total. The summed E-state index contributed by atoms with van der Waals surface area (Å²) in [6.07, 6.45) is 3.10. The van der Waals surface area contributed by atoms with Crippen molar-refractivity contribution in [3.8, 4) is 11.5 Å². The summed E-state index contributed by atoms with van der Waals surface area (Å²) < 4.78 is 49.6. The molecule has 0 unspecified atom stereocenters. The lowest BCUT2D eigenvalue weighted by Gasteiger charge is -2.33. The number of esters is 1. The van der Waals surface area contributed by atoms with Crippen LogP contribution in [0.25, 0.3) is 10.2 Å². The number of fused-ring (bicyclic) bond motifs is 1. The molecule has 1 aliphatic rings. The predicted molar refractivity (Wildman–Crippen MR) is 194 cm³/mol. The number of hydrogen-bond acceptors (Lipinski definition) is 12. The van der Waals surface area contributed by atoms with Gasteiger partial charge in [-0.15, -0.1) is 16.4 Å². The summed E-state index contributed by atoms with van der Waals surface area (Å²) in [6.45, 7) is 6.84. The second-order valence-electron chi connectivity index (χ2n) is 12.5. The predicted octanol–water partition coefficient (Wildman–Crippen LogP) is 5.45. The van der Waals surface area contributed by atoms with Crippen molar-refractivity contribution in [3.05, 3.63) is 94.8 Å². The highest BCUT2D eigenvalue weighted by atomic mass is 32.2. The third-order valence-electron chi connectivity index (χ3n) is 8.69. The van der Waals surface area contributed by atoms with Crippen LogP contribution in [0.1, 0.15) is 47.6 Å². The summed E-state index contributed by atoms with van der Waals surface area (Å²) in [6, 6.07) is 18.7. The molecule has 15 heteroatoms. The van der Waals surface area contributed by atoms with Crippen LogP contribution in [0.4, 0.5) is 0 Å². The first-order chi connectivity index (χ1) is 25.1. The highest BCUT2D eigenvalue weighted by Crippen LogP contribution is 2.27. The zero-order valence-corrected chi connectivity index (χ0v) is 30.9. The summed E-state index contributed by atoms with van der Waals surface area (Å²) in [4.78, 5) is 32.7. The number of carbonyl (C=O) groups excluding carboxylic acids is 2. The molecular formula is C37H41N5O8S2. The Bertz CT molecular complexity index is 2090. The highest BCUT2D eigenvalue weighted by molar-refractivity contribution is 7.86. The minimum absolute atomic E-state index is 0.0226. The molecule has 1 amide bonds. The third kappa shape index (κ3) is 9.32. The van der Waals surface area contributed by atoms with Gasteiger partial charge in [-0.3, -0.25) is 13.8 Å². The number of benzene rings is 3. The Balaban J connectivity index is 1.10. The molecule has 52 heavy (non-hydrogen) atoms. The van der Waals surface area contributed by atoms with Crippen LogP contribution in [0.5, 0.6) is 11.5 Å². The summed E-state index contributed by atoms with van der Waals surface area (Å²) in [7, 11) is -3.89. The van der Waals surface area contributed by atoms with Gasteiger partial charge in [-0.2, -0.15) is 8.42 Å². The number of thiazole rings is 1. The van der Waals surface area contributed by atoms with Gasteiger partial charge in [-0.25, -0.2) is 9.67 Å². The number of hydrogen-bond donors (Lipinski definition) is 0. The molecule has 0 bridgehead atoms. The zero-order chi connectivity index (χ0) is 36.7. The van der Waals surface area contributed by atoms with Gasteiger partial charge < -0.3 is 19.1 Å². The number of rotatable bonds is 15. The van der Waals surface area contributed by atoms with Crippen LogP contribution < -0.4 is 9.47 Å². The Morgan fingerprint density at radius 3 is 2.40 bits per heavy atom. The molecule has 3 heterocycles. The molecule has 3 aromatic carbocycles. The van der Waals surface area contributed by atoms with Crippen molar-refractivity contribution in [2.24, 2.45) is 5.92 Å². The van der Waals surface area contributed by atoms with E-state index in [1.807, 2.05) is 44.2 Å². The van der Waals surface area contributed by atoms with Gasteiger partial charge in [0.25, 0.3) is 10.1 Å². The molecule has 1 atom stereocenters. The van der Waals surface area contributed by atoms with Crippen LogP contribution in [-0.4, -0.2) is 78.1 Å². The van der Waals surface area contributed by atoms with E-state index in [1.165, 1.54) is 12.1 Å². The second-order valence-corrected chi connectivity index (χ2v) is 15.3. The van der Waals surface area contributed by atoms with Gasteiger partial charge in [0.15, 0.2) is 0 Å². The van der Waals surface area contributed by atoms with Crippen LogP contribution in [-0.2, 0) is 41.7 Å². The van der Waals surface area contributed by atoms with E-state index in [1.54, 1.807) is 58.3 Å². The van der Waals surface area contributed by atoms with E-state index in [0.29, 0.717) is 56.2 Å². The fourth-order valence-corrected chi connectivity index (χ4v) is 7.67. The van der Waals surface area contributed by atoms with Gasteiger partial charge in [-0.1, -0.05) is 35.0 Å². The highest BCUT2D eigenvalue weighted by Gasteiger charge is 2.33. The van der Waals surface area contributed by atoms with Gasteiger partial charge in [0.1, 0.15) is 43.1 Å². The molecule has 1 fully saturated rings. The van der Waals surface area contributed by atoms with Gasteiger partial charge in [0.2, 0.25) is 5.91 Å². The van der Waals surface area contributed by atoms with Crippen molar-refractivity contribution in [2.45, 2.75) is 57.6 Å². The first-order valence-electron chi connectivity index (χ1n) is 17.1. The lowest BCUT2D eigenvalue weighted by atomic mass is 9.96. The van der Waals surface area contributed by atoms with E-state index >= 15 is 0 Å². The average molecular weight is 748 g/mol. The number of nitrogens with zero attached hydrogens (tertiary/aromatic N) is 5. The van der Waals surface area contributed by atoms with E-state index < -0.39 is 16.2 Å². The molecule has 0 N–H and O–H groups in total. The lowest BCUT2D eigenvalue weighted by Crippen LogP contribution is -2.44. The lowest BCUT2D eigenvalue weighted by molar-refractivity contribution is -0.151. The topological polar surface area (TPSA) is 152 Å². The number of piperidine rings is 1. The molecular weight excluding hydrogens is 707 g/mol. The number of carbonyl (C=O) groups is 2. The van der Waals surface area contributed by atoms with Crippen LogP contribution in [0.15, 0.2) is 77.8 Å². The summed E-state index contributed by atoms with van der Waals surface area (Å²) in [5, 5.41) is 9.64. The van der Waals surface area contributed by atoms with Crippen LogP contribution in [0.2, 0.25) is 0 Å². The van der Waals surface area contributed by atoms with Gasteiger partial charge >= 0.3 is 5.97 Å². The molecule has 5 aromatic rings. The van der Waals surface area contributed by atoms with E-state index in [2.05, 4.69) is 15.3 Å². The fourth-order valence-electron chi connectivity index (χ4n) is 5.92. The van der Waals surface area contributed by atoms with Gasteiger partial charge in [0.05, 0.1) is 38.8 Å². The summed E-state index contributed by atoms with van der Waals surface area (Å²) in [5.74, 6) is 0.628. The maximum atomic E-state index is 14.1. The third-order valence-corrected chi connectivity index (χ3v) is 11.0. The SMILES string of the molecule is CCOC(=O)C1CCN(C(=O)[C@H](Cc2ccc(OCCOS(=O)(=O)c3ccc(C)cc3)cc2)n2cc(COc3ccc4nc(C)sc4c3)nn2)CC1. The van der Waals surface area contributed by atoms with Crippen molar-refractivity contribution in [1.29, 1.82) is 0 Å². The molecule has 2 aromatic heterocycles. The van der Waals surface area contributed by atoms with Crippen molar-refractivity contribution in [1.82, 2.24) is 24.9 Å². The molecule has 274 valence electrons. The minimum Gasteiger partial charge on any atom is -0.491 e. The van der Waals surface area contributed by atoms with E-state index in [9.17, 15) is 18.0 Å². The van der Waals surface area contributed by atoms with Crippen LogP contribution in [0.3, 0.4) is 0 Å². The molecule has 0 spiro atoms. The van der Waals surface area contributed by atoms with E-state index in [4.69, 9.17) is 18.4 Å². The Hall–Kier alpha value is -4.86. The number of amides is 1. The van der Waals surface area contributed by atoms with Gasteiger partial charge in [-0.05, 0) is 81.6 Å². The molecule has 1 saturated heterocycles. The maximum absolute atomic E-state index is 14.1. The summed E-state index contributed by atoms with van der Waals surface area (Å²) >= 11 is 1.60. The number of ether oxygens (including phenoxy) is 3. The van der Waals surface area contributed by atoms with E-state index in [-0.39, 0.29) is 42.5 Å². The normalized spacial score (nSPS) is 14.3. The van der Waals surface area contributed by atoms with Crippen molar-refractivity contribution < 1.29 is 36.4 Å². The number of aromatic nitrogens is 4. The quantitative estimate of drug-likeness (QED) is 0.0764. The monoisotopic (exact) mass is 747 g/mol. The number of aryl methyl sites for hydroxylation is 2. The second kappa shape index (κ2) is 16.7. The Labute approximate surface area is 306 Å². The molecule has 0 radical (unpaired) electrons. The molecule has 1 aliphatic heterocycles. The van der Waals surface area contributed by atoms with Crippen molar-refractivity contribution >= 4 is 43.5 Å². The molecule has 0 aliphatic carbocycles. The largest absolute Gasteiger partial charge is 0.491 e. The molecule has 6 rings (SSSR count). The van der Waals surface area contributed by atoms with Gasteiger partial charge in [0, 0.05) is 19.5 Å². The maximum Gasteiger partial charge on any atom is 0.309 e. The van der Waals surface area contributed by atoms with Crippen molar-refractivity contribution in [3.63, 3.8) is 0 Å². The average Bonchev–Trinajstić information content (AvgIpc) is 3.77. The Morgan fingerprint density at radius 2 is 1.67 bits per heavy atom. The van der Waals surface area contributed by atoms with Crippen LogP contribution in [0, 0.1) is 19.8 Å². The minimum atomic E-state index is -3.89. The summed E-state index contributed by atoms with van der Waals surface area (Å²) in [5.41, 5.74) is 3.29. The Kier molecular flexibility index (Phi) is 11.8. The first-order valence-corrected chi connectivity index (χ1v) is 19.3. The van der Waals surface area contributed by atoms with Crippen molar-refractivity contribution in [2.75, 3.05) is 32.9 Å². The fraction of sp³-hybridized carbons (Fsp3) is 0.378. The number of likely N-dealkylation sites (tertiary alicyclic amines) is 1. The smallest absolute Gasteiger partial charge is 0.309 e. The zero-order valence-electron chi connectivity index (χ0n) is 29.3. The Morgan fingerprint density at radius 1 is 0.942 bits per heavy atom. The van der Waals surface area contributed by atoms with E-state index in [0.717, 1.165) is 26.4 Å². The van der Waals surface area contributed by atoms with Crippen LogP contribution >= 0.6 is 11.3 Å². The standard InChI is InChI=1S/C37H41N5O8S2/c1-4-47-37(44)28-15-17-41(18-16-28)36(43)34(42-23-29(39-40-42)24-49-31-11-14-33-35(22-31)51-26(3)38-33)21-27-7-9-30(10-8-27)48-19-20-50-52(45,46)32-12-5-25(2)6-13-32/h5-14,22-23,28,34H,4,15-21,24H2,1-3H3/t34-/m0/s1.